The first-order valence-corrected chi connectivity index (χ1v) is 8.42. The van der Waals surface area contributed by atoms with Crippen molar-refractivity contribution < 1.29 is 9.53 Å². The molecule has 0 aromatic carbocycles. The van der Waals surface area contributed by atoms with Crippen molar-refractivity contribution in [3.05, 3.63) is 33.5 Å². The van der Waals surface area contributed by atoms with Gasteiger partial charge in [0.15, 0.2) is 5.82 Å². The summed E-state index contributed by atoms with van der Waals surface area (Å²) in [6, 6.07) is 1.76. The van der Waals surface area contributed by atoms with Gasteiger partial charge in [0.2, 0.25) is 0 Å². The zero-order valence-corrected chi connectivity index (χ0v) is 16.5. The molecule has 0 bridgehead atoms. The van der Waals surface area contributed by atoms with Crippen molar-refractivity contribution in [2.75, 3.05) is 7.05 Å². The molecule has 0 aliphatic carbocycles. The molecule has 2 aromatic heterocycles. The van der Waals surface area contributed by atoms with Crippen LogP contribution in [0.1, 0.15) is 32.4 Å². The van der Waals surface area contributed by atoms with E-state index in [9.17, 15) is 4.79 Å². The molecule has 0 saturated carbocycles. The van der Waals surface area contributed by atoms with E-state index < -0.39 is 11.7 Å². The van der Waals surface area contributed by atoms with E-state index in [1.165, 1.54) is 4.90 Å². The molecule has 24 heavy (non-hydrogen) atoms. The zero-order chi connectivity index (χ0) is 18.1. The normalized spacial score (nSPS) is 11.5. The molecule has 0 unspecified atom stereocenters. The lowest BCUT2D eigenvalue weighted by atomic mass is 10.2. The summed E-state index contributed by atoms with van der Waals surface area (Å²) in [7, 11) is 1.65. The number of ether oxygens (including phenoxy) is 1. The summed E-state index contributed by atoms with van der Waals surface area (Å²) in [4.78, 5) is 22.0. The van der Waals surface area contributed by atoms with Crippen LogP contribution in [0.15, 0.2) is 16.7 Å². The fraction of sp³-hybridized carbons (Fsp3) is 0.467. The maximum Gasteiger partial charge on any atom is 0.410 e. The first kappa shape index (κ1) is 18.7. The smallest absolute Gasteiger partial charge is 0.410 e. The fourth-order valence-corrected chi connectivity index (χ4v) is 2.50. The van der Waals surface area contributed by atoms with Gasteiger partial charge in [-0.1, -0.05) is 11.6 Å². The van der Waals surface area contributed by atoms with Crippen LogP contribution < -0.4 is 0 Å². The van der Waals surface area contributed by atoms with Crippen molar-refractivity contribution >= 4 is 33.6 Å². The molecule has 1 amide bonds. The molecule has 0 spiro atoms. The Morgan fingerprint density at radius 1 is 1.46 bits per heavy atom. The maximum absolute atomic E-state index is 12.1. The maximum atomic E-state index is 12.1. The molecule has 0 aliphatic rings. The van der Waals surface area contributed by atoms with Crippen molar-refractivity contribution in [2.45, 2.75) is 39.8 Å². The van der Waals surface area contributed by atoms with Gasteiger partial charge >= 0.3 is 6.09 Å². The highest BCUT2D eigenvalue weighted by atomic mass is 79.9. The Hall–Kier alpha value is -1.67. The number of aromatic nitrogens is 4. The van der Waals surface area contributed by atoms with Crippen LogP contribution >= 0.6 is 27.5 Å². The molecular weight excluding hydrogens is 398 g/mol. The van der Waals surface area contributed by atoms with Gasteiger partial charge in [0, 0.05) is 13.2 Å². The third-order valence-electron chi connectivity index (χ3n) is 2.92. The summed E-state index contributed by atoms with van der Waals surface area (Å²) in [6.07, 6.45) is 1.15. The standard InChI is InChI=1S/C15H19BrClN5O2/c1-9-19-11(8-21(5)14(23)24-15(2,3)4)22(20-9)10-6-7-18-13(17)12(10)16/h6-7H,8H2,1-5H3. The average molecular weight is 417 g/mol. The van der Waals surface area contributed by atoms with E-state index >= 15 is 0 Å². The van der Waals surface area contributed by atoms with Crippen LogP contribution in [0.3, 0.4) is 0 Å². The van der Waals surface area contributed by atoms with E-state index in [4.69, 9.17) is 16.3 Å². The van der Waals surface area contributed by atoms with Gasteiger partial charge < -0.3 is 9.64 Å². The molecular formula is C15H19BrClN5O2. The van der Waals surface area contributed by atoms with Crippen molar-refractivity contribution in [1.29, 1.82) is 0 Å². The van der Waals surface area contributed by atoms with E-state index in [0.29, 0.717) is 27.0 Å². The molecule has 0 N–H and O–H groups in total. The first-order valence-electron chi connectivity index (χ1n) is 7.25. The van der Waals surface area contributed by atoms with Crippen molar-refractivity contribution in [1.82, 2.24) is 24.6 Å². The van der Waals surface area contributed by atoms with E-state index in [2.05, 4.69) is 31.0 Å². The summed E-state index contributed by atoms with van der Waals surface area (Å²) in [5.74, 6) is 1.17. The Bertz CT molecular complexity index is 757. The van der Waals surface area contributed by atoms with E-state index in [0.717, 1.165) is 0 Å². The van der Waals surface area contributed by atoms with Crippen molar-refractivity contribution in [3.63, 3.8) is 0 Å². The number of rotatable bonds is 3. The molecule has 0 atom stereocenters. The lowest BCUT2D eigenvalue weighted by Gasteiger charge is -2.24. The van der Waals surface area contributed by atoms with Gasteiger partial charge in [-0.25, -0.2) is 19.4 Å². The topological polar surface area (TPSA) is 73.1 Å². The highest BCUT2D eigenvalue weighted by Gasteiger charge is 2.22. The summed E-state index contributed by atoms with van der Waals surface area (Å²) >= 11 is 9.45. The van der Waals surface area contributed by atoms with Crippen LogP contribution in [-0.2, 0) is 11.3 Å². The molecule has 2 heterocycles. The number of nitrogens with zero attached hydrogens (tertiary/aromatic N) is 5. The number of pyridine rings is 1. The molecule has 130 valence electrons. The number of halogens is 2. The van der Waals surface area contributed by atoms with Gasteiger partial charge in [0.1, 0.15) is 16.6 Å². The van der Waals surface area contributed by atoms with E-state index in [1.54, 1.807) is 30.9 Å². The first-order chi connectivity index (χ1) is 11.1. The highest BCUT2D eigenvalue weighted by Crippen LogP contribution is 2.27. The van der Waals surface area contributed by atoms with E-state index in [-0.39, 0.29) is 6.54 Å². The van der Waals surface area contributed by atoms with Crippen LogP contribution in [-0.4, -0.2) is 43.4 Å². The van der Waals surface area contributed by atoms with Crippen LogP contribution in [0.2, 0.25) is 5.15 Å². The van der Waals surface area contributed by atoms with Gasteiger partial charge in [-0.05, 0) is 49.7 Å². The average Bonchev–Trinajstić information content (AvgIpc) is 2.80. The molecule has 2 rings (SSSR count). The van der Waals surface area contributed by atoms with Crippen LogP contribution in [0.25, 0.3) is 5.69 Å². The van der Waals surface area contributed by atoms with Crippen LogP contribution in [0, 0.1) is 6.92 Å². The summed E-state index contributed by atoms with van der Waals surface area (Å²) in [5, 5.41) is 4.71. The van der Waals surface area contributed by atoms with Gasteiger partial charge in [0.05, 0.1) is 16.7 Å². The zero-order valence-electron chi connectivity index (χ0n) is 14.2. The molecule has 2 aromatic rings. The quantitative estimate of drug-likeness (QED) is 0.712. The van der Waals surface area contributed by atoms with Crippen molar-refractivity contribution in [3.8, 4) is 5.69 Å². The predicted molar refractivity (Wildman–Crippen MR) is 94.3 cm³/mol. The summed E-state index contributed by atoms with van der Waals surface area (Å²) in [6.45, 7) is 7.48. The molecule has 0 radical (unpaired) electrons. The van der Waals surface area contributed by atoms with Gasteiger partial charge in [0.25, 0.3) is 0 Å². The molecule has 0 fully saturated rings. The Morgan fingerprint density at radius 2 is 2.12 bits per heavy atom. The Balaban J connectivity index is 2.30. The molecule has 0 saturated heterocycles. The molecule has 9 heteroatoms. The number of carbonyl (C=O) groups excluding carboxylic acids is 1. The number of amides is 1. The van der Waals surface area contributed by atoms with Crippen molar-refractivity contribution in [2.24, 2.45) is 0 Å². The minimum absolute atomic E-state index is 0.238. The second-order valence-electron chi connectivity index (χ2n) is 6.26. The number of hydrogen-bond acceptors (Lipinski definition) is 5. The molecule has 7 nitrogen and oxygen atoms in total. The summed E-state index contributed by atoms with van der Waals surface area (Å²) in [5.41, 5.74) is 0.138. The number of hydrogen-bond donors (Lipinski definition) is 0. The Kier molecular flexibility index (Phi) is 5.49. The number of carbonyl (C=O) groups is 1. The van der Waals surface area contributed by atoms with Gasteiger partial charge in [-0.2, -0.15) is 5.10 Å². The third-order valence-corrected chi connectivity index (χ3v) is 4.21. The lowest BCUT2D eigenvalue weighted by molar-refractivity contribution is 0.0280. The van der Waals surface area contributed by atoms with Gasteiger partial charge in [-0.3, -0.25) is 0 Å². The van der Waals surface area contributed by atoms with Crippen LogP contribution in [0.5, 0.6) is 0 Å². The Labute approximate surface area is 154 Å². The minimum Gasteiger partial charge on any atom is -0.444 e. The second kappa shape index (κ2) is 7.06. The Morgan fingerprint density at radius 3 is 2.75 bits per heavy atom. The minimum atomic E-state index is -0.559. The van der Waals surface area contributed by atoms with Gasteiger partial charge in [-0.15, -0.1) is 0 Å². The summed E-state index contributed by atoms with van der Waals surface area (Å²) < 4.78 is 7.60. The van der Waals surface area contributed by atoms with E-state index in [1.807, 2.05) is 20.8 Å². The third kappa shape index (κ3) is 4.45. The monoisotopic (exact) mass is 415 g/mol. The SMILES string of the molecule is Cc1nc(CN(C)C(=O)OC(C)(C)C)n(-c2ccnc(Cl)c2Br)n1. The number of aryl methyl sites for hydroxylation is 1. The lowest BCUT2D eigenvalue weighted by Crippen LogP contribution is -2.34. The largest absolute Gasteiger partial charge is 0.444 e. The molecule has 0 aliphatic heterocycles. The predicted octanol–water partition coefficient (Wildman–Crippen LogP) is 3.75. The second-order valence-corrected chi connectivity index (χ2v) is 7.41. The fourth-order valence-electron chi connectivity index (χ4n) is 1.94. The highest BCUT2D eigenvalue weighted by molar-refractivity contribution is 9.10. The van der Waals surface area contributed by atoms with Crippen LogP contribution in [0.4, 0.5) is 4.79 Å².